The van der Waals surface area contributed by atoms with Gasteiger partial charge in [-0.25, -0.2) is 0 Å². The van der Waals surface area contributed by atoms with Gasteiger partial charge in [0.2, 0.25) is 5.88 Å². The van der Waals surface area contributed by atoms with Crippen LogP contribution in [0.25, 0.3) is 11.3 Å². The van der Waals surface area contributed by atoms with Gasteiger partial charge in [-0.3, -0.25) is 4.68 Å². The maximum Gasteiger partial charge on any atom is 0.233 e. The fraction of sp³-hybridized carbons (Fsp3) is 0.609. The predicted molar refractivity (Wildman–Crippen MR) is 112 cm³/mol. The Balaban J connectivity index is 1.07. The standard InChI is InChI=1S/C23H31N5O/c1-16-21(14-27(2)26-16)22-5-6-23(25-24-22)29-15-17-7-9-28(10-8-17)13-20-12-18-3-4-19(20)11-18/h3-6,14,17-20H,7-13,15H2,1-2H3. The third kappa shape index (κ3) is 4.08. The summed E-state index contributed by atoms with van der Waals surface area (Å²) in [4.78, 5) is 2.68. The molecule has 2 fully saturated rings. The van der Waals surface area contributed by atoms with Gasteiger partial charge in [-0.1, -0.05) is 12.2 Å². The highest BCUT2D eigenvalue weighted by Crippen LogP contribution is 2.43. The van der Waals surface area contributed by atoms with E-state index in [4.69, 9.17) is 4.74 Å². The summed E-state index contributed by atoms with van der Waals surface area (Å²) >= 11 is 0. The Morgan fingerprint density at radius 2 is 1.97 bits per heavy atom. The SMILES string of the molecule is Cc1nn(C)cc1-c1ccc(OCC2CCN(CC3CC4C=CC3C4)CC2)nn1. The van der Waals surface area contributed by atoms with Crippen LogP contribution in [0.1, 0.15) is 31.4 Å². The molecule has 1 saturated heterocycles. The smallest absolute Gasteiger partial charge is 0.233 e. The number of rotatable bonds is 6. The molecule has 2 aromatic heterocycles. The Kier molecular flexibility index (Phi) is 5.12. The van der Waals surface area contributed by atoms with E-state index in [9.17, 15) is 0 Å². The molecule has 1 saturated carbocycles. The lowest BCUT2D eigenvalue weighted by atomic mass is 9.91. The Bertz CT molecular complexity index is 866. The van der Waals surface area contributed by atoms with Gasteiger partial charge in [0.15, 0.2) is 0 Å². The van der Waals surface area contributed by atoms with Crippen molar-refractivity contribution in [2.75, 3.05) is 26.2 Å². The first-order valence-corrected chi connectivity index (χ1v) is 11.0. The molecular formula is C23H31N5O. The van der Waals surface area contributed by atoms with Crippen LogP contribution in [0.3, 0.4) is 0 Å². The summed E-state index contributed by atoms with van der Waals surface area (Å²) in [6.45, 7) is 6.43. The average Bonchev–Trinajstić information content (AvgIpc) is 3.43. The zero-order valence-electron chi connectivity index (χ0n) is 17.5. The third-order valence-corrected chi connectivity index (χ3v) is 7.01. The van der Waals surface area contributed by atoms with Crippen LogP contribution in [0.4, 0.5) is 0 Å². The van der Waals surface area contributed by atoms with E-state index in [2.05, 4.69) is 32.3 Å². The topological polar surface area (TPSA) is 56.1 Å². The Morgan fingerprint density at radius 3 is 2.59 bits per heavy atom. The molecule has 3 atom stereocenters. The predicted octanol–water partition coefficient (Wildman–Crippen LogP) is 3.49. The molecule has 0 amide bonds. The fourth-order valence-corrected chi connectivity index (χ4v) is 5.37. The zero-order chi connectivity index (χ0) is 19.8. The van der Waals surface area contributed by atoms with Crippen molar-refractivity contribution >= 4 is 0 Å². The normalized spacial score (nSPS) is 27.0. The van der Waals surface area contributed by atoms with E-state index >= 15 is 0 Å². The molecular weight excluding hydrogens is 362 g/mol. The molecule has 2 aromatic rings. The van der Waals surface area contributed by atoms with Gasteiger partial charge in [-0.05, 0) is 75.4 Å². The highest BCUT2D eigenvalue weighted by atomic mass is 16.5. The molecule has 1 aliphatic heterocycles. The lowest BCUT2D eigenvalue weighted by molar-refractivity contribution is 0.121. The van der Waals surface area contributed by atoms with Crippen molar-refractivity contribution in [2.24, 2.45) is 30.7 Å². The monoisotopic (exact) mass is 393 g/mol. The minimum absolute atomic E-state index is 0.617. The number of nitrogens with zero attached hydrogens (tertiary/aromatic N) is 5. The number of aromatic nitrogens is 4. The van der Waals surface area contributed by atoms with E-state index in [-0.39, 0.29) is 0 Å². The van der Waals surface area contributed by atoms with Gasteiger partial charge in [-0.2, -0.15) is 5.10 Å². The van der Waals surface area contributed by atoms with Crippen LogP contribution in [0.5, 0.6) is 5.88 Å². The lowest BCUT2D eigenvalue weighted by Gasteiger charge is -2.34. The van der Waals surface area contributed by atoms with Gasteiger partial charge >= 0.3 is 0 Å². The summed E-state index contributed by atoms with van der Waals surface area (Å²) in [6, 6.07) is 3.89. The van der Waals surface area contributed by atoms with E-state index in [1.165, 1.54) is 45.3 Å². The molecule has 6 nitrogen and oxygen atoms in total. The number of fused-ring (bicyclic) bond motifs is 2. The van der Waals surface area contributed by atoms with Crippen LogP contribution < -0.4 is 4.74 Å². The Labute approximate surface area is 173 Å². The van der Waals surface area contributed by atoms with Crippen LogP contribution in [0.15, 0.2) is 30.5 Å². The molecule has 29 heavy (non-hydrogen) atoms. The summed E-state index contributed by atoms with van der Waals surface area (Å²) in [5, 5.41) is 13.0. The molecule has 3 unspecified atom stereocenters. The van der Waals surface area contributed by atoms with E-state index in [0.29, 0.717) is 11.8 Å². The number of piperidine rings is 1. The average molecular weight is 394 g/mol. The summed E-state index contributed by atoms with van der Waals surface area (Å²) in [5.41, 5.74) is 2.82. The van der Waals surface area contributed by atoms with Crippen LogP contribution in [0.2, 0.25) is 0 Å². The molecule has 0 N–H and O–H groups in total. The quantitative estimate of drug-likeness (QED) is 0.703. The molecule has 0 spiro atoms. The second-order valence-corrected chi connectivity index (χ2v) is 9.15. The highest BCUT2D eigenvalue weighted by molar-refractivity contribution is 5.60. The number of allylic oxidation sites excluding steroid dienone is 2. The van der Waals surface area contributed by atoms with Gasteiger partial charge in [-0.15, -0.1) is 10.2 Å². The molecule has 3 aliphatic rings. The van der Waals surface area contributed by atoms with Crippen molar-refractivity contribution in [1.82, 2.24) is 24.9 Å². The van der Waals surface area contributed by atoms with Gasteiger partial charge in [0.05, 0.1) is 18.0 Å². The van der Waals surface area contributed by atoms with Crippen molar-refractivity contribution in [2.45, 2.75) is 32.6 Å². The summed E-state index contributed by atoms with van der Waals surface area (Å²) in [7, 11) is 1.92. The first kappa shape index (κ1) is 18.8. The van der Waals surface area contributed by atoms with E-state index in [1.54, 1.807) is 4.68 Å². The maximum absolute atomic E-state index is 5.96. The molecule has 5 rings (SSSR count). The van der Waals surface area contributed by atoms with Crippen molar-refractivity contribution in [3.05, 3.63) is 36.2 Å². The van der Waals surface area contributed by atoms with Gasteiger partial charge < -0.3 is 9.64 Å². The van der Waals surface area contributed by atoms with E-state index in [1.807, 2.05) is 32.3 Å². The van der Waals surface area contributed by atoms with Crippen molar-refractivity contribution in [3.8, 4) is 17.1 Å². The minimum atomic E-state index is 0.617. The summed E-state index contributed by atoms with van der Waals surface area (Å²) < 4.78 is 7.76. The summed E-state index contributed by atoms with van der Waals surface area (Å²) in [6.07, 6.45) is 12.2. The maximum atomic E-state index is 5.96. The number of likely N-dealkylation sites (tertiary alicyclic amines) is 1. The van der Waals surface area contributed by atoms with Gasteiger partial charge in [0.25, 0.3) is 0 Å². The van der Waals surface area contributed by atoms with Crippen molar-refractivity contribution in [3.63, 3.8) is 0 Å². The summed E-state index contributed by atoms with van der Waals surface area (Å²) in [5.74, 6) is 3.87. The van der Waals surface area contributed by atoms with Gasteiger partial charge in [0.1, 0.15) is 0 Å². The van der Waals surface area contributed by atoms with Crippen LogP contribution in [-0.2, 0) is 7.05 Å². The fourth-order valence-electron chi connectivity index (χ4n) is 5.37. The van der Waals surface area contributed by atoms with Crippen LogP contribution in [0, 0.1) is 30.6 Å². The van der Waals surface area contributed by atoms with E-state index in [0.717, 1.165) is 41.3 Å². The van der Waals surface area contributed by atoms with Crippen molar-refractivity contribution in [1.29, 1.82) is 0 Å². The minimum Gasteiger partial charge on any atom is -0.476 e. The first-order valence-electron chi connectivity index (χ1n) is 11.0. The number of aryl methyl sites for hydroxylation is 2. The lowest BCUT2D eigenvalue weighted by Crippen LogP contribution is -2.39. The van der Waals surface area contributed by atoms with Crippen LogP contribution >= 0.6 is 0 Å². The number of hydrogen-bond donors (Lipinski definition) is 0. The molecule has 154 valence electrons. The van der Waals surface area contributed by atoms with E-state index < -0.39 is 0 Å². The Hall–Kier alpha value is -2.21. The third-order valence-electron chi connectivity index (χ3n) is 7.01. The molecule has 2 bridgehead atoms. The second kappa shape index (κ2) is 7.90. The first-order chi connectivity index (χ1) is 14.1. The zero-order valence-corrected chi connectivity index (χ0v) is 17.5. The molecule has 6 heteroatoms. The van der Waals surface area contributed by atoms with Crippen LogP contribution in [-0.4, -0.2) is 51.1 Å². The largest absolute Gasteiger partial charge is 0.476 e. The van der Waals surface area contributed by atoms with Crippen molar-refractivity contribution < 1.29 is 4.74 Å². The Morgan fingerprint density at radius 1 is 1.10 bits per heavy atom. The number of hydrogen-bond acceptors (Lipinski definition) is 5. The molecule has 0 radical (unpaired) electrons. The number of ether oxygens (including phenoxy) is 1. The van der Waals surface area contributed by atoms with Gasteiger partial charge in [0, 0.05) is 31.4 Å². The highest BCUT2D eigenvalue weighted by Gasteiger charge is 2.36. The molecule has 3 heterocycles. The second-order valence-electron chi connectivity index (χ2n) is 9.15. The molecule has 2 aliphatic carbocycles. The molecule has 0 aromatic carbocycles.